The van der Waals surface area contributed by atoms with Crippen LogP contribution in [-0.4, -0.2) is 40.9 Å². The fraction of sp³-hybridized carbons (Fsp3) is 0.412. The van der Waals surface area contributed by atoms with Crippen molar-refractivity contribution in [3.8, 4) is 0 Å². The van der Waals surface area contributed by atoms with E-state index in [0.717, 1.165) is 17.7 Å². The molecule has 126 valence electrons. The summed E-state index contributed by atoms with van der Waals surface area (Å²) in [5.41, 5.74) is 0. The van der Waals surface area contributed by atoms with Crippen LogP contribution in [0.2, 0.25) is 0 Å². The lowest BCUT2D eigenvalue weighted by atomic mass is 10.0. The molecule has 0 bridgehead atoms. The number of Topliss-reactive ketones (excluding diaryl/α,β-unsaturated/α-hetero) is 1. The monoisotopic (exact) mass is 345 g/mol. The van der Waals surface area contributed by atoms with Crippen LogP contribution in [0.15, 0.2) is 30.6 Å². The van der Waals surface area contributed by atoms with Gasteiger partial charge < -0.3 is 9.64 Å². The Bertz CT molecular complexity index is 717. The maximum absolute atomic E-state index is 12.5. The number of hydrogen-bond acceptors (Lipinski definition) is 7. The molecule has 1 atom stereocenters. The summed E-state index contributed by atoms with van der Waals surface area (Å²) >= 11 is 1.41. The molecule has 3 heterocycles. The number of carbonyl (C=O) groups excluding carboxylic acids is 2. The number of piperidine rings is 1. The van der Waals surface area contributed by atoms with E-state index >= 15 is 0 Å². The van der Waals surface area contributed by atoms with Crippen LogP contribution in [0.1, 0.15) is 33.8 Å². The summed E-state index contributed by atoms with van der Waals surface area (Å²) in [6.07, 6.45) is 5.92. The molecule has 0 aliphatic carbocycles. The van der Waals surface area contributed by atoms with Crippen LogP contribution in [-0.2, 0) is 9.53 Å². The molecule has 7 heteroatoms. The number of aromatic nitrogens is 2. The van der Waals surface area contributed by atoms with E-state index in [4.69, 9.17) is 4.74 Å². The lowest BCUT2D eigenvalue weighted by molar-refractivity contribution is -0.144. The lowest BCUT2D eigenvalue weighted by Crippen LogP contribution is -2.46. The maximum Gasteiger partial charge on any atom is 0.329 e. The molecule has 2 aromatic rings. The zero-order valence-corrected chi connectivity index (χ0v) is 14.3. The highest BCUT2D eigenvalue weighted by atomic mass is 32.1. The highest BCUT2D eigenvalue weighted by Gasteiger charge is 2.32. The number of hydrogen-bond donors (Lipinski definition) is 0. The Balaban J connectivity index is 1.63. The zero-order valence-electron chi connectivity index (χ0n) is 13.5. The standard InChI is InChI=1S/C17H19N3O3S/c1-12-6-7-15(24-12)14(21)11-23-16(22)13-5-2-3-10-20(13)17-18-8-4-9-19-17/h4,6-9,13H,2-3,5,10-11H2,1H3/t13-/m0/s1. The first-order valence-electron chi connectivity index (χ1n) is 7.95. The van der Waals surface area contributed by atoms with Crippen LogP contribution in [0.4, 0.5) is 5.95 Å². The Morgan fingerprint density at radius 3 is 2.79 bits per heavy atom. The smallest absolute Gasteiger partial charge is 0.329 e. The fourth-order valence-electron chi connectivity index (χ4n) is 2.74. The maximum atomic E-state index is 12.5. The van der Waals surface area contributed by atoms with Gasteiger partial charge in [0.2, 0.25) is 11.7 Å². The average molecular weight is 345 g/mol. The first-order valence-corrected chi connectivity index (χ1v) is 8.77. The van der Waals surface area contributed by atoms with Crippen LogP contribution < -0.4 is 4.90 Å². The van der Waals surface area contributed by atoms with Gasteiger partial charge in [0.25, 0.3) is 0 Å². The topological polar surface area (TPSA) is 72.4 Å². The van der Waals surface area contributed by atoms with Gasteiger partial charge in [-0.15, -0.1) is 11.3 Å². The largest absolute Gasteiger partial charge is 0.456 e. The van der Waals surface area contributed by atoms with E-state index in [1.165, 1.54) is 11.3 Å². The van der Waals surface area contributed by atoms with E-state index < -0.39 is 6.04 Å². The molecular formula is C17H19N3O3S. The van der Waals surface area contributed by atoms with Crippen molar-refractivity contribution in [2.75, 3.05) is 18.1 Å². The molecule has 0 saturated carbocycles. The summed E-state index contributed by atoms with van der Waals surface area (Å²) in [5.74, 6) is -0.0251. The Morgan fingerprint density at radius 1 is 1.29 bits per heavy atom. The van der Waals surface area contributed by atoms with Crippen LogP contribution in [0.5, 0.6) is 0 Å². The average Bonchev–Trinajstić information content (AvgIpc) is 3.06. The third-order valence-corrected chi connectivity index (χ3v) is 4.99. The van der Waals surface area contributed by atoms with Crippen molar-refractivity contribution in [3.05, 3.63) is 40.3 Å². The number of carbonyl (C=O) groups is 2. The highest BCUT2D eigenvalue weighted by Crippen LogP contribution is 2.22. The van der Waals surface area contributed by atoms with Crippen molar-refractivity contribution in [3.63, 3.8) is 0 Å². The minimum atomic E-state index is -0.431. The number of rotatable bonds is 5. The second kappa shape index (κ2) is 7.53. The van der Waals surface area contributed by atoms with Gasteiger partial charge in [0, 0.05) is 23.8 Å². The van der Waals surface area contributed by atoms with Gasteiger partial charge in [-0.05, 0) is 44.4 Å². The number of thiophene rings is 1. The van der Waals surface area contributed by atoms with Crippen LogP contribution in [0.25, 0.3) is 0 Å². The summed E-state index contributed by atoms with van der Waals surface area (Å²) in [6.45, 7) is 2.42. The Kier molecular flexibility index (Phi) is 5.20. The van der Waals surface area contributed by atoms with Gasteiger partial charge >= 0.3 is 5.97 Å². The SMILES string of the molecule is Cc1ccc(C(=O)COC(=O)[C@@H]2CCCCN2c2ncccn2)s1. The van der Waals surface area contributed by atoms with Crippen molar-refractivity contribution < 1.29 is 14.3 Å². The lowest BCUT2D eigenvalue weighted by Gasteiger charge is -2.33. The van der Waals surface area contributed by atoms with Crippen molar-refractivity contribution >= 4 is 29.0 Å². The minimum absolute atomic E-state index is 0.167. The van der Waals surface area contributed by atoms with Gasteiger partial charge in [-0.2, -0.15) is 0 Å². The third kappa shape index (κ3) is 3.79. The van der Waals surface area contributed by atoms with Crippen molar-refractivity contribution in [2.24, 2.45) is 0 Å². The molecule has 1 aliphatic rings. The second-order valence-corrected chi connectivity index (χ2v) is 6.98. The van der Waals surface area contributed by atoms with E-state index in [2.05, 4.69) is 9.97 Å². The zero-order chi connectivity index (χ0) is 16.9. The highest BCUT2D eigenvalue weighted by molar-refractivity contribution is 7.14. The number of esters is 1. The molecule has 0 radical (unpaired) electrons. The second-order valence-electron chi connectivity index (χ2n) is 5.69. The number of aryl methyl sites for hydroxylation is 1. The molecule has 1 saturated heterocycles. The Morgan fingerprint density at radius 2 is 2.08 bits per heavy atom. The molecule has 6 nitrogen and oxygen atoms in total. The first-order chi connectivity index (χ1) is 11.6. The van der Waals surface area contributed by atoms with Crippen LogP contribution in [0.3, 0.4) is 0 Å². The van der Waals surface area contributed by atoms with Gasteiger partial charge in [0.05, 0.1) is 4.88 Å². The fourth-order valence-corrected chi connectivity index (χ4v) is 3.54. The molecule has 0 amide bonds. The van der Waals surface area contributed by atoms with Crippen molar-refractivity contribution in [2.45, 2.75) is 32.2 Å². The molecule has 0 unspecified atom stereocenters. The number of ketones is 1. The van der Waals surface area contributed by atoms with Crippen LogP contribution >= 0.6 is 11.3 Å². The predicted octanol–water partition coefficient (Wildman–Crippen LogP) is 2.63. The minimum Gasteiger partial charge on any atom is -0.456 e. The summed E-state index contributed by atoms with van der Waals surface area (Å²) in [4.78, 5) is 36.5. The third-order valence-electron chi connectivity index (χ3n) is 3.94. The molecule has 1 aliphatic heterocycles. The molecular weight excluding hydrogens is 326 g/mol. The molecule has 24 heavy (non-hydrogen) atoms. The van der Waals surface area contributed by atoms with E-state index in [0.29, 0.717) is 23.8 Å². The molecule has 2 aromatic heterocycles. The molecule has 0 spiro atoms. The molecule has 1 fully saturated rings. The molecule has 0 N–H and O–H groups in total. The van der Waals surface area contributed by atoms with E-state index in [1.807, 2.05) is 17.9 Å². The molecule has 0 aromatic carbocycles. The first kappa shape index (κ1) is 16.6. The summed E-state index contributed by atoms with van der Waals surface area (Å²) in [6, 6.07) is 4.96. The Hall–Kier alpha value is -2.28. The van der Waals surface area contributed by atoms with Gasteiger partial charge in [-0.25, -0.2) is 14.8 Å². The van der Waals surface area contributed by atoms with Gasteiger partial charge in [0.1, 0.15) is 6.04 Å². The van der Waals surface area contributed by atoms with Crippen molar-refractivity contribution in [1.29, 1.82) is 0 Å². The van der Waals surface area contributed by atoms with E-state index in [9.17, 15) is 9.59 Å². The number of anilines is 1. The summed E-state index contributed by atoms with van der Waals surface area (Å²) in [5, 5.41) is 0. The number of nitrogens with zero attached hydrogens (tertiary/aromatic N) is 3. The number of ether oxygens (including phenoxy) is 1. The van der Waals surface area contributed by atoms with Gasteiger partial charge in [0.15, 0.2) is 6.61 Å². The van der Waals surface area contributed by atoms with E-state index in [-0.39, 0.29) is 18.4 Å². The summed E-state index contributed by atoms with van der Waals surface area (Å²) in [7, 11) is 0. The normalized spacial score (nSPS) is 17.5. The van der Waals surface area contributed by atoms with E-state index in [1.54, 1.807) is 24.5 Å². The van der Waals surface area contributed by atoms with Crippen molar-refractivity contribution in [1.82, 2.24) is 9.97 Å². The van der Waals surface area contributed by atoms with Gasteiger partial charge in [-0.1, -0.05) is 0 Å². The quantitative estimate of drug-likeness (QED) is 0.613. The summed E-state index contributed by atoms with van der Waals surface area (Å²) < 4.78 is 5.28. The molecule has 3 rings (SSSR count). The van der Waals surface area contributed by atoms with Crippen LogP contribution in [0, 0.1) is 6.92 Å². The predicted molar refractivity (Wildman–Crippen MR) is 91.4 cm³/mol. The Labute approximate surface area is 144 Å². The van der Waals surface area contributed by atoms with Gasteiger partial charge in [-0.3, -0.25) is 4.79 Å².